The Hall–Kier alpha value is -1.66. The Morgan fingerprint density at radius 3 is 2.43 bits per heavy atom. The van der Waals surface area contributed by atoms with Gasteiger partial charge in [0.15, 0.2) is 0 Å². The SMILES string of the molecule is O=C(CNC(=O)c1ccc(Br)s1)NCC1(c2ccccc2)CC1. The van der Waals surface area contributed by atoms with Crippen LogP contribution in [-0.2, 0) is 10.2 Å². The Balaban J connectivity index is 1.46. The van der Waals surface area contributed by atoms with Crippen LogP contribution in [0.15, 0.2) is 46.3 Å². The number of thiophene rings is 1. The number of hydrogen-bond acceptors (Lipinski definition) is 3. The van der Waals surface area contributed by atoms with E-state index in [1.807, 2.05) is 24.3 Å². The molecule has 0 aliphatic heterocycles. The van der Waals surface area contributed by atoms with Crippen LogP contribution in [0.4, 0.5) is 0 Å². The van der Waals surface area contributed by atoms with E-state index in [2.05, 4.69) is 38.7 Å². The summed E-state index contributed by atoms with van der Waals surface area (Å²) in [6.45, 7) is 0.621. The number of rotatable bonds is 6. The summed E-state index contributed by atoms with van der Waals surface area (Å²) in [4.78, 5) is 24.4. The number of carbonyl (C=O) groups excluding carboxylic acids is 2. The lowest BCUT2D eigenvalue weighted by Crippen LogP contribution is -2.40. The van der Waals surface area contributed by atoms with Crippen molar-refractivity contribution in [2.75, 3.05) is 13.1 Å². The Morgan fingerprint density at radius 1 is 1.09 bits per heavy atom. The van der Waals surface area contributed by atoms with Crippen molar-refractivity contribution in [1.29, 1.82) is 0 Å². The third kappa shape index (κ3) is 4.00. The van der Waals surface area contributed by atoms with E-state index < -0.39 is 0 Å². The van der Waals surface area contributed by atoms with E-state index in [4.69, 9.17) is 0 Å². The van der Waals surface area contributed by atoms with Crippen LogP contribution in [0.25, 0.3) is 0 Å². The molecule has 0 radical (unpaired) electrons. The van der Waals surface area contributed by atoms with E-state index in [9.17, 15) is 9.59 Å². The van der Waals surface area contributed by atoms with Gasteiger partial charge in [-0.25, -0.2) is 0 Å². The van der Waals surface area contributed by atoms with Crippen LogP contribution >= 0.6 is 27.3 Å². The fraction of sp³-hybridized carbons (Fsp3) is 0.294. The van der Waals surface area contributed by atoms with E-state index >= 15 is 0 Å². The molecule has 2 N–H and O–H groups in total. The third-order valence-electron chi connectivity index (χ3n) is 4.07. The zero-order valence-electron chi connectivity index (χ0n) is 12.5. The van der Waals surface area contributed by atoms with Crippen molar-refractivity contribution >= 4 is 39.1 Å². The van der Waals surface area contributed by atoms with Gasteiger partial charge in [-0.2, -0.15) is 0 Å². The van der Waals surface area contributed by atoms with Crippen LogP contribution in [0.1, 0.15) is 28.1 Å². The first-order valence-electron chi connectivity index (χ1n) is 7.45. The van der Waals surface area contributed by atoms with Gasteiger partial charge in [-0.1, -0.05) is 30.3 Å². The predicted molar refractivity (Wildman–Crippen MR) is 94.7 cm³/mol. The molecule has 2 amide bonds. The smallest absolute Gasteiger partial charge is 0.261 e. The highest BCUT2D eigenvalue weighted by Crippen LogP contribution is 2.47. The molecule has 1 fully saturated rings. The molecule has 0 unspecified atom stereocenters. The average Bonchev–Trinajstić information content (AvgIpc) is 3.25. The van der Waals surface area contributed by atoms with Crippen LogP contribution in [0.5, 0.6) is 0 Å². The number of halogens is 1. The van der Waals surface area contributed by atoms with Crippen molar-refractivity contribution in [1.82, 2.24) is 10.6 Å². The summed E-state index contributed by atoms with van der Waals surface area (Å²) in [5, 5.41) is 5.58. The monoisotopic (exact) mass is 392 g/mol. The molecule has 0 atom stereocenters. The van der Waals surface area contributed by atoms with E-state index in [-0.39, 0.29) is 23.8 Å². The summed E-state index contributed by atoms with van der Waals surface area (Å²) in [6, 6.07) is 13.8. The summed E-state index contributed by atoms with van der Waals surface area (Å²) in [6.07, 6.45) is 2.18. The van der Waals surface area contributed by atoms with Gasteiger partial charge in [-0.05, 0) is 46.5 Å². The van der Waals surface area contributed by atoms with Gasteiger partial charge in [0, 0.05) is 12.0 Å². The van der Waals surface area contributed by atoms with E-state index in [0.717, 1.165) is 16.6 Å². The number of amides is 2. The molecule has 0 bridgehead atoms. The minimum Gasteiger partial charge on any atom is -0.354 e. The number of hydrogen-bond donors (Lipinski definition) is 2. The van der Waals surface area contributed by atoms with Gasteiger partial charge in [-0.15, -0.1) is 11.3 Å². The lowest BCUT2D eigenvalue weighted by Gasteiger charge is -2.16. The summed E-state index contributed by atoms with van der Waals surface area (Å²) >= 11 is 4.66. The van der Waals surface area contributed by atoms with Crippen molar-refractivity contribution in [3.63, 3.8) is 0 Å². The highest BCUT2D eigenvalue weighted by Gasteiger charge is 2.44. The molecule has 6 heteroatoms. The van der Waals surface area contributed by atoms with Crippen LogP contribution in [0, 0.1) is 0 Å². The van der Waals surface area contributed by atoms with Gasteiger partial charge in [-0.3, -0.25) is 9.59 Å². The molecule has 1 heterocycles. The Labute approximate surface area is 147 Å². The predicted octanol–water partition coefficient (Wildman–Crippen LogP) is 3.09. The zero-order valence-corrected chi connectivity index (χ0v) is 14.9. The summed E-state index contributed by atoms with van der Waals surface area (Å²) in [5.74, 6) is -0.378. The van der Waals surface area contributed by atoms with Gasteiger partial charge >= 0.3 is 0 Å². The molecule has 1 aromatic carbocycles. The standard InChI is InChI=1S/C17H17BrN2O2S/c18-14-7-6-13(23-14)16(22)19-10-15(21)20-11-17(8-9-17)12-4-2-1-3-5-12/h1-7H,8-11H2,(H,19,22)(H,20,21). The molecule has 1 saturated carbocycles. The molecule has 0 spiro atoms. The minimum absolute atomic E-state index is 0.000772. The van der Waals surface area contributed by atoms with Crippen molar-refractivity contribution in [2.45, 2.75) is 18.3 Å². The molecule has 2 aromatic rings. The van der Waals surface area contributed by atoms with Gasteiger partial charge in [0.1, 0.15) is 0 Å². The minimum atomic E-state index is -0.222. The normalized spacial score (nSPS) is 15.0. The number of nitrogens with one attached hydrogen (secondary N) is 2. The van der Waals surface area contributed by atoms with Crippen molar-refractivity contribution in [3.05, 3.63) is 56.7 Å². The second kappa shape index (κ2) is 6.84. The van der Waals surface area contributed by atoms with Gasteiger partial charge < -0.3 is 10.6 Å². The first-order chi connectivity index (χ1) is 11.1. The average molecular weight is 393 g/mol. The fourth-order valence-electron chi connectivity index (χ4n) is 2.52. The first-order valence-corrected chi connectivity index (χ1v) is 9.06. The Morgan fingerprint density at radius 2 is 1.83 bits per heavy atom. The van der Waals surface area contributed by atoms with Crippen LogP contribution < -0.4 is 10.6 Å². The molecule has 3 rings (SSSR count). The highest BCUT2D eigenvalue weighted by molar-refractivity contribution is 9.11. The zero-order chi connectivity index (χ0) is 16.3. The molecule has 0 saturated heterocycles. The number of carbonyl (C=O) groups is 2. The Kier molecular flexibility index (Phi) is 4.82. The second-order valence-corrected chi connectivity index (χ2v) is 8.17. The molecule has 1 aromatic heterocycles. The van der Waals surface area contributed by atoms with Crippen molar-refractivity contribution in [3.8, 4) is 0 Å². The molecule has 4 nitrogen and oxygen atoms in total. The first kappa shape index (κ1) is 16.2. The Bertz CT molecular complexity index is 710. The molecule has 1 aliphatic rings. The van der Waals surface area contributed by atoms with Gasteiger partial charge in [0.25, 0.3) is 5.91 Å². The molecule has 23 heavy (non-hydrogen) atoms. The topological polar surface area (TPSA) is 58.2 Å². The van der Waals surface area contributed by atoms with Crippen LogP contribution in [0.3, 0.4) is 0 Å². The van der Waals surface area contributed by atoms with Gasteiger partial charge in [0.05, 0.1) is 15.2 Å². The quantitative estimate of drug-likeness (QED) is 0.793. The fourth-order valence-corrected chi connectivity index (χ4v) is 3.83. The molecular formula is C17H17BrN2O2S. The lowest BCUT2D eigenvalue weighted by molar-refractivity contribution is -0.120. The summed E-state index contributed by atoms with van der Waals surface area (Å²) in [7, 11) is 0. The van der Waals surface area contributed by atoms with Crippen LogP contribution in [0.2, 0.25) is 0 Å². The second-order valence-electron chi connectivity index (χ2n) is 5.71. The highest BCUT2D eigenvalue weighted by atomic mass is 79.9. The lowest BCUT2D eigenvalue weighted by atomic mass is 9.96. The maximum Gasteiger partial charge on any atom is 0.261 e. The maximum atomic E-state index is 12.0. The maximum absolute atomic E-state index is 12.0. The largest absolute Gasteiger partial charge is 0.354 e. The van der Waals surface area contributed by atoms with E-state index in [0.29, 0.717) is 11.4 Å². The van der Waals surface area contributed by atoms with Crippen LogP contribution in [-0.4, -0.2) is 24.9 Å². The van der Waals surface area contributed by atoms with Gasteiger partial charge in [0.2, 0.25) is 5.91 Å². The summed E-state index contributed by atoms with van der Waals surface area (Å²) < 4.78 is 0.894. The third-order valence-corrected chi connectivity index (χ3v) is 5.69. The van der Waals surface area contributed by atoms with Crippen molar-refractivity contribution < 1.29 is 9.59 Å². The molecular weight excluding hydrogens is 376 g/mol. The summed E-state index contributed by atoms with van der Waals surface area (Å²) in [5.41, 5.74) is 1.35. The van der Waals surface area contributed by atoms with E-state index in [1.54, 1.807) is 6.07 Å². The molecule has 120 valence electrons. The van der Waals surface area contributed by atoms with Crippen molar-refractivity contribution in [2.24, 2.45) is 0 Å². The van der Waals surface area contributed by atoms with E-state index in [1.165, 1.54) is 16.9 Å². The number of benzene rings is 1. The molecule has 1 aliphatic carbocycles.